The third-order valence-corrected chi connectivity index (χ3v) is 3.88. The molecule has 5 nitrogen and oxygen atoms in total. The van der Waals surface area contributed by atoms with Gasteiger partial charge in [0.15, 0.2) is 6.61 Å². The lowest BCUT2D eigenvalue weighted by Crippen LogP contribution is -2.37. The molecule has 20 heavy (non-hydrogen) atoms. The first kappa shape index (κ1) is 14.8. The van der Waals surface area contributed by atoms with Gasteiger partial charge in [0.25, 0.3) is 5.91 Å². The number of carbonyl (C=O) groups excluding carboxylic acids is 1. The van der Waals surface area contributed by atoms with Crippen molar-refractivity contribution in [3.8, 4) is 5.75 Å². The van der Waals surface area contributed by atoms with E-state index in [-0.39, 0.29) is 24.1 Å². The number of nitrogens with one attached hydrogen (secondary N) is 1. The molecule has 0 bridgehead atoms. The largest absolute Gasteiger partial charge is 0.483 e. The highest BCUT2D eigenvalue weighted by molar-refractivity contribution is 9.10. The average molecular weight is 342 g/mol. The molecule has 0 saturated heterocycles. The van der Waals surface area contributed by atoms with Crippen LogP contribution in [0.2, 0.25) is 0 Å². The summed E-state index contributed by atoms with van der Waals surface area (Å²) in [4.78, 5) is 22.5. The Hall–Kier alpha value is -1.56. The Morgan fingerprint density at radius 1 is 1.50 bits per heavy atom. The number of benzene rings is 1. The number of aromatic carboxylic acids is 1. The van der Waals surface area contributed by atoms with Crippen molar-refractivity contribution in [2.75, 3.05) is 6.61 Å². The molecule has 2 N–H and O–H groups in total. The number of carboxylic acids is 1. The number of carboxylic acid groups (broad SMARTS) is 1. The zero-order valence-electron chi connectivity index (χ0n) is 11.1. The maximum Gasteiger partial charge on any atom is 0.335 e. The van der Waals surface area contributed by atoms with E-state index in [9.17, 15) is 9.59 Å². The molecule has 6 heteroatoms. The number of halogens is 1. The standard InChI is InChI=1S/C14H16BrNO4/c1-8(9-2-3-9)16-13(17)7-20-12-5-4-10(14(18)19)6-11(12)15/h4-6,8-9H,2-3,7H2,1H3,(H,16,17)(H,18,19)/t8-/m0/s1. The summed E-state index contributed by atoms with van der Waals surface area (Å²) in [5.74, 6) is -0.128. The van der Waals surface area contributed by atoms with Gasteiger partial charge in [-0.05, 0) is 59.8 Å². The molecule has 1 aromatic rings. The minimum absolute atomic E-state index is 0.0813. The molecular formula is C14H16BrNO4. The first-order valence-electron chi connectivity index (χ1n) is 6.42. The first-order chi connectivity index (χ1) is 9.47. The summed E-state index contributed by atoms with van der Waals surface area (Å²) in [6.45, 7) is 1.91. The topological polar surface area (TPSA) is 75.6 Å². The number of carbonyl (C=O) groups is 2. The Morgan fingerprint density at radius 2 is 2.20 bits per heavy atom. The molecule has 1 amide bonds. The molecule has 1 atom stereocenters. The van der Waals surface area contributed by atoms with Gasteiger partial charge in [-0.3, -0.25) is 4.79 Å². The van der Waals surface area contributed by atoms with E-state index in [1.807, 2.05) is 6.92 Å². The van der Waals surface area contributed by atoms with Gasteiger partial charge in [-0.1, -0.05) is 0 Å². The van der Waals surface area contributed by atoms with Gasteiger partial charge in [0.1, 0.15) is 5.75 Å². The second kappa shape index (κ2) is 6.26. The highest BCUT2D eigenvalue weighted by Gasteiger charge is 2.28. The van der Waals surface area contributed by atoms with Gasteiger partial charge < -0.3 is 15.2 Å². The van der Waals surface area contributed by atoms with Crippen LogP contribution in [-0.2, 0) is 4.79 Å². The number of rotatable bonds is 6. The predicted molar refractivity (Wildman–Crippen MR) is 76.9 cm³/mol. The van der Waals surface area contributed by atoms with Crippen LogP contribution in [0.25, 0.3) is 0 Å². The summed E-state index contributed by atoms with van der Waals surface area (Å²) in [6.07, 6.45) is 2.34. The van der Waals surface area contributed by atoms with Crippen LogP contribution in [-0.4, -0.2) is 29.6 Å². The van der Waals surface area contributed by atoms with E-state index in [0.29, 0.717) is 16.1 Å². The lowest BCUT2D eigenvalue weighted by atomic mass is 10.2. The molecule has 1 fully saturated rings. The van der Waals surface area contributed by atoms with Crippen molar-refractivity contribution >= 4 is 27.8 Å². The van der Waals surface area contributed by atoms with Gasteiger partial charge in [0, 0.05) is 6.04 Å². The third-order valence-electron chi connectivity index (χ3n) is 3.26. The lowest BCUT2D eigenvalue weighted by Gasteiger charge is -2.13. The monoisotopic (exact) mass is 341 g/mol. The van der Waals surface area contributed by atoms with E-state index in [1.54, 1.807) is 0 Å². The van der Waals surface area contributed by atoms with Gasteiger partial charge in [0.05, 0.1) is 10.0 Å². The highest BCUT2D eigenvalue weighted by atomic mass is 79.9. The van der Waals surface area contributed by atoms with E-state index < -0.39 is 5.97 Å². The van der Waals surface area contributed by atoms with E-state index in [0.717, 1.165) is 0 Å². The van der Waals surface area contributed by atoms with Crippen molar-refractivity contribution in [2.45, 2.75) is 25.8 Å². The van der Waals surface area contributed by atoms with Crippen molar-refractivity contribution in [3.63, 3.8) is 0 Å². The third kappa shape index (κ3) is 3.96. The first-order valence-corrected chi connectivity index (χ1v) is 7.21. The molecule has 0 radical (unpaired) electrons. The average Bonchev–Trinajstić information content (AvgIpc) is 3.21. The van der Waals surface area contributed by atoms with Crippen molar-refractivity contribution < 1.29 is 19.4 Å². The van der Waals surface area contributed by atoms with Crippen molar-refractivity contribution in [3.05, 3.63) is 28.2 Å². The number of hydrogen-bond acceptors (Lipinski definition) is 3. The molecule has 0 spiro atoms. The minimum Gasteiger partial charge on any atom is -0.483 e. The molecule has 0 aliphatic heterocycles. The molecule has 1 aliphatic rings. The normalized spacial score (nSPS) is 15.5. The summed E-state index contributed by atoms with van der Waals surface area (Å²) in [5.41, 5.74) is 0.163. The van der Waals surface area contributed by atoms with Gasteiger partial charge in [-0.2, -0.15) is 0 Å². The van der Waals surface area contributed by atoms with Crippen LogP contribution in [0.15, 0.2) is 22.7 Å². The molecule has 0 heterocycles. The maximum atomic E-state index is 11.7. The summed E-state index contributed by atoms with van der Waals surface area (Å²) < 4.78 is 5.90. The van der Waals surface area contributed by atoms with Crippen LogP contribution in [0.3, 0.4) is 0 Å². The summed E-state index contributed by atoms with van der Waals surface area (Å²) in [7, 11) is 0. The molecule has 0 aromatic heterocycles. The van der Waals surface area contributed by atoms with Gasteiger partial charge >= 0.3 is 5.97 Å². The van der Waals surface area contributed by atoms with Crippen molar-refractivity contribution in [1.29, 1.82) is 0 Å². The molecule has 2 rings (SSSR count). The molecular weight excluding hydrogens is 326 g/mol. The molecule has 0 unspecified atom stereocenters. The Bertz CT molecular complexity index is 528. The SMILES string of the molecule is C[C@H](NC(=O)COc1ccc(C(=O)O)cc1Br)C1CC1. The fourth-order valence-corrected chi connectivity index (χ4v) is 2.40. The highest BCUT2D eigenvalue weighted by Crippen LogP contribution is 2.32. The van der Waals surface area contributed by atoms with Crippen LogP contribution in [0.5, 0.6) is 5.75 Å². The summed E-state index contributed by atoms with van der Waals surface area (Å²) in [5, 5.41) is 11.7. The van der Waals surface area contributed by atoms with E-state index >= 15 is 0 Å². The van der Waals surface area contributed by atoms with Crippen molar-refractivity contribution in [1.82, 2.24) is 5.32 Å². The smallest absolute Gasteiger partial charge is 0.335 e. The van der Waals surface area contributed by atoms with Gasteiger partial charge in [0.2, 0.25) is 0 Å². The van der Waals surface area contributed by atoms with E-state index in [1.165, 1.54) is 31.0 Å². The quantitative estimate of drug-likeness (QED) is 0.833. The van der Waals surface area contributed by atoms with Crippen LogP contribution >= 0.6 is 15.9 Å². The van der Waals surface area contributed by atoms with Crippen molar-refractivity contribution in [2.24, 2.45) is 5.92 Å². The van der Waals surface area contributed by atoms with Gasteiger partial charge in [-0.25, -0.2) is 4.79 Å². The zero-order valence-corrected chi connectivity index (χ0v) is 12.6. The second-order valence-electron chi connectivity index (χ2n) is 4.93. The predicted octanol–water partition coefficient (Wildman–Crippen LogP) is 2.44. The van der Waals surface area contributed by atoms with Gasteiger partial charge in [-0.15, -0.1) is 0 Å². The fraction of sp³-hybridized carbons (Fsp3) is 0.429. The van der Waals surface area contributed by atoms with E-state index in [4.69, 9.17) is 9.84 Å². The number of ether oxygens (including phenoxy) is 1. The zero-order chi connectivity index (χ0) is 14.7. The van der Waals surface area contributed by atoms with Crippen LogP contribution < -0.4 is 10.1 Å². The summed E-state index contributed by atoms with van der Waals surface area (Å²) >= 11 is 3.23. The number of amides is 1. The van der Waals surface area contributed by atoms with Crippen LogP contribution in [0, 0.1) is 5.92 Å². The fourth-order valence-electron chi connectivity index (χ4n) is 1.90. The summed E-state index contributed by atoms with van der Waals surface area (Å²) in [6, 6.07) is 4.60. The lowest BCUT2D eigenvalue weighted by molar-refractivity contribution is -0.123. The Labute approximate surface area is 125 Å². The van der Waals surface area contributed by atoms with Crippen LogP contribution in [0.4, 0.5) is 0 Å². The minimum atomic E-state index is -1.01. The Kier molecular flexibility index (Phi) is 4.65. The van der Waals surface area contributed by atoms with Crippen LogP contribution in [0.1, 0.15) is 30.1 Å². The van der Waals surface area contributed by atoms with E-state index in [2.05, 4.69) is 21.2 Å². The Morgan fingerprint density at radius 3 is 2.75 bits per heavy atom. The Balaban J connectivity index is 1.86. The number of hydrogen-bond donors (Lipinski definition) is 2. The second-order valence-corrected chi connectivity index (χ2v) is 5.79. The molecule has 108 valence electrons. The maximum absolute atomic E-state index is 11.7. The molecule has 1 aromatic carbocycles. The molecule has 1 aliphatic carbocycles. The molecule has 1 saturated carbocycles.